The predicted molar refractivity (Wildman–Crippen MR) is 143 cm³/mol. The maximum atomic E-state index is 13.5. The van der Waals surface area contributed by atoms with Crippen LogP contribution in [0.3, 0.4) is 0 Å². The van der Waals surface area contributed by atoms with E-state index in [1.807, 2.05) is 60.7 Å². The van der Waals surface area contributed by atoms with Crippen LogP contribution in [-0.4, -0.2) is 35.9 Å². The van der Waals surface area contributed by atoms with Crippen LogP contribution < -0.4 is 10.1 Å². The number of nitrogens with one attached hydrogen (secondary N) is 1. The largest absolute Gasteiger partial charge is 0.484 e. The number of benzene rings is 3. The van der Waals surface area contributed by atoms with Gasteiger partial charge < -0.3 is 15.0 Å². The molecular weight excluding hydrogens is 528 g/mol. The number of unbranched alkanes of at least 4 members (excludes halogenated alkanes) is 1. The average Bonchev–Trinajstić information content (AvgIpc) is 2.86. The number of amides is 2. The molecule has 0 bridgehead atoms. The average molecular weight is 558 g/mol. The highest BCUT2D eigenvalue weighted by molar-refractivity contribution is 9.10. The van der Waals surface area contributed by atoms with E-state index < -0.39 is 6.04 Å². The van der Waals surface area contributed by atoms with Gasteiger partial charge in [0.1, 0.15) is 11.8 Å². The van der Waals surface area contributed by atoms with Crippen LogP contribution in [0, 0.1) is 0 Å². The van der Waals surface area contributed by atoms with Gasteiger partial charge in [0.25, 0.3) is 5.91 Å². The van der Waals surface area contributed by atoms with E-state index in [1.54, 1.807) is 23.1 Å². The molecule has 35 heavy (non-hydrogen) atoms. The number of ether oxygens (including phenoxy) is 1. The van der Waals surface area contributed by atoms with Crippen LogP contribution >= 0.6 is 27.5 Å². The molecule has 0 aliphatic heterocycles. The molecule has 0 saturated carbocycles. The van der Waals surface area contributed by atoms with Crippen molar-refractivity contribution in [1.82, 2.24) is 10.2 Å². The van der Waals surface area contributed by atoms with Gasteiger partial charge in [-0.2, -0.15) is 0 Å². The van der Waals surface area contributed by atoms with Gasteiger partial charge in [0.15, 0.2) is 6.61 Å². The van der Waals surface area contributed by atoms with Gasteiger partial charge in [-0.1, -0.05) is 83.3 Å². The van der Waals surface area contributed by atoms with Gasteiger partial charge in [0.2, 0.25) is 5.91 Å². The molecule has 0 saturated heterocycles. The highest BCUT2D eigenvalue weighted by Crippen LogP contribution is 2.19. The summed E-state index contributed by atoms with van der Waals surface area (Å²) in [6.07, 6.45) is 2.23. The van der Waals surface area contributed by atoms with Crippen molar-refractivity contribution in [2.45, 2.75) is 38.8 Å². The van der Waals surface area contributed by atoms with Gasteiger partial charge in [0, 0.05) is 29.0 Å². The number of rotatable bonds is 12. The Morgan fingerprint density at radius 2 is 1.71 bits per heavy atom. The van der Waals surface area contributed by atoms with Crippen LogP contribution in [-0.2, 0) is 22.6 Å². The van der Waals surface area contributed by atoms with Crippen LogP contribution in [0.15, 0.2) is 83.3 Å². The first-order valence-corrected chi connectivity index (χ1v) is 12.9. The molecule has 184 valence electrons. The minimum Gasteiger partial charge on any atom is -0.484 e. The predicted octanol–water partition coefficient (Wildman–Crippen LogP) is 6.04. The number of carbonyl (C=O) groups excluding carboxylic acids is 2. The molecule has 0 heterocycles. The summed E-state index contributed by atoms with van der Waals surface area (Å²) >= 11 is 9.60. The van der Waals surface area contributed by atoms with Crippen molar-refractivity contribution in [3.8, 4) is 5.75 Å². The highest BCUT2D eigenvalue weighted by atomic mass is 79.9. The zero-order valence-corrected chi connectivity index (χ0v) is 22.1. The zero-order chi connectivity index (χ0) is 25.0. The third-order valence-electron chi connectivity index (χ3n) is 5.52. The molecule has 7 heteroatoms. The first-order chi connectivity index (χ1) is 17.0. The van der Waals surface area contributed by atoms with Crippen molar-refractivity contribution in [3.63, 3.8) is 0 Å². The van der Waals surface area contributed by atoms with Crippen LogP contribution in [0.25, 0.3) is 0 Å². The Morgan fingerprint density at radius 3 is 2.40 bits per heavy atom. The summed E-state index contributed by atoms with van der Waals surface area (Å²) in [5.41, 5.74) is 1.81. The van der Waals surface area contributed by atoms with Gasteiger partial charge in [-0.3, -0.25) is 9.59 Å². The van der Waals surface area contributed by atoms with E-state index in [0.29, 0.717) is 23.7 Å². The molecular formula is C28H30BrClN2O3. The third-order valence-corrected chi connectivity index (χ3v) is 6.28. The highest BCUT2D eigenvalue weighted by Gasteiger charge is 2.30. The van der Waals surface area contributed by atoms with Crippen molar-refractivity contribution in [2.75, 3.05) is 13.2 Å². The van der Waals surface area contributed by atoms with Crippen molar-refractivity contribution in [3.05, 3.63) is 99.5 Å². The smallest absolute Gasteiger partial charge is 0.261 e. The molecule has 3 aromatic carbocycles. The van der Waals surface area contributed by atoms with E-state index in [2.05, 4.69) is 28.2 Å². The Hall–Kier alpha value is -2.83. The Balaban J connectivity index is 1.87. The maximum absolute atomic E-state index is 13.5. The molecule has 1 atom stereocenters. The standard InChI is InChI=1S/C28H30BrClN2O3/c1-2-3-16-31-28(34)26(18-21-8-5-4-6-9-21)32(19-22-10-7-11-24(30)17-22)27(33)20-35-25-14-12-23(29)13-15-25/h4-15,17,26H,2-3,16,18-20H2,1H3,(H,31,34)/t26-/m1/s1. The van der Waals surface area contributed by atoms with Gasteiger partial charge in [0.05, 0.1) is 0 Å². The van der Waals surface area contributed by atoms with E-state index in [0.717, 1.165) is 28.4 Å². The first kappa shape index (κ1) is 26.8. The van der Waals surface area contributed by atoms with E-state index in [9.17, 15) is 9.59 Å². The molecule has 0 spiro atoms. The Morgan fingerprint density at radius 1 is 1.00 bits per heavy atom. The third kappa shape index (κ3) is 8.71. The van der Waals surface area contributed by atoms with Gasteiger partial charge in [-0.05, 0) is 53.9 Å². The first-order valence-electron chi connectivity index (χ1n) is 11.7. The number of hydrogen-bond donors (Lipinski definition) is 1. The fourth-order valence-electron chi connectivity index (χ4n) is 3.65. The molecule has 5 nitrogen and oxygen atoms in total. The zero-order valence-electron chi connectivity index (χ0n) is 19.8. The summed E-state index contributed by atoms with van der Waals surface area (Å²) in [5, 5.41) is 3.59. The lowest BCUT2D eigenvalue weighted by molar-refractivity contribution is -0.142. The molecule has 1 N–H and O–H groups in total. The molecule has 0 unspecified atom stereocenters. The van der Waals surface area contributed by atoms with E-state index in [-0.39, 0.29) is 25.0 Å². The summed E-state index contributed by atoms with van der Waals surface area (Å²) < 4.78 is 6.70. The van der Waals surface area contributed by atoms with E-state index in [4.69, 9.17) is 16.3 Å². The second kappa shape index (κ2) is 13.9. The van der Waals surface area contributed by atoms with Crippen molar-refractivity contribution in [2.24, 2.45) is 0 Å². The minimum atomic E-state index is -0.700. The SMILES string of the molecule is CCCCNC(=O)[C@@H](Cc1ccccc1)N(Cc1cccc(Cl)c1)C(=O)COc1ccc(Br)cc1. The van der Waals surface area contributed by atoms with Crippen LogP contribution in [0.5, 0.6) is 5.75 Å². The fraction of sp³-hybridized carbons (Fsp3) is 0.286. The molecule has 0 radical (unpaired) electrons. The minimum absolute atomic E-state index is 0.179. The summed E-state index contributed by atoms with van der Waals surface area (Å²) in [4.78, 5) is 28.5. The van der Waals surface area contributed by atoms with Crippen LogP contribution in [0.4, 0.5) is 0 Å². The Kier molecular flexibility index (Phi) is 10.6. The molecule has 0 aliphatic carbocycles. The lowest BCUT2D eigenvalue weighted by atomic mass is 10.0. The molecule has 2 amide bonds. The molecule has 3 rings (SSSR count). The lowest BCUT2D eigenvalue weighted by Crippen LogP contribution is -2.51. The molecule has 0 fully saturated rings. The summed E-state index contributed by atoms with van der Waals surface area (Å²) in [7, 11) is 0. The Bertz CT molecular complexity index is 1090. The van der Waals surface area contributed by atoms with Crippen LogP contribution in [0.1, 0.15) is 30.9 Å². The molecule has 3 aromatic rings. The van der Waals surface area contributed by atoms with E-state index in [1.165, 1.54) is 0 Å². The van der Waals surface area contributed by atoms with Gasteiger partial charge in [-0.25, -0.2) is 0 Å². The van der Waals surface area contributed by atoms with Crippen molar-refractivity contribution < 1.29 is 14.3 Å². The summed E-state index contributed by atoms with van der Waals surface area (Å²) in [6.45, 7) is 2.69. The normalized spacial score (nSPS) is 11.5. The van der Waals surface area contributed by atoms with Crippen molar-refractivity contribution in [1.29, 1.82) is 0 Å². The van der Waals surface area contributed by atoms with Gasteiger partial charge >= 0.3 is 0 Å². The quantitative estimate of drug-likeness (QED) is 0.276. The molecule has 0 aliphatic rings. The second-order valence-corrected chi connectivity index (χ2v) is 9.60. The number of carbonyl (C=O) groups is 2. The number of halogens is 2. The van der Waals surface area contributed by atoms with E-state index >= 15 is 0 Å². The number of hydrogen-bond acceptors (Lipinski definition) is 3. The second-order valence-electron chi connectivity index (χ2n) is 8.24. The lowest BCUT2D eigenvalue weighted by Gasteiger charge is -2.31. The summed E-state index contributed by atoms with van der Waals surface area (Å²) in [5.74, 6) is 0.122. The number of nitrogens with zero attached hydrogens (tertiary/aromatic N) is 1. The summed E-state index contributed by atoms with van der Waals surface area (Å²) in [6, 6.07) is 23.6. The van der Waals surface area contributed by atoms with Crippen molar-refractivity contribution >= 4 is 39.3 Å². The maximum Gasteiger partial charge on any atom is 0.261 e. The Labute approximate surface area is 220 Å². The van der Waals surface area contributed by atoms with Gasteiger partial charge in [-0.15, -0.1) is 0 Å². The fourth-order valence-corrected chi connectivity index (χ4v) is 4.13. The topological polar surface area (TPSA) is 58.6 Å². The molecule has 0 aromatic heterocycles. The van der Waals surface area contributed by atoms with Crippen LogP contribution in [0.2, 0.25) is 5.02 Å². The monoisotopic (exact) mass is 556 g/mol.